The Labute approximate surface area is 147 Å². The monoisotopic (exact) mass is 346 g/mol. The zero-order valence-corrected chi connectivity index (χ0v) is 15.1. The molecule has 1 aromatic carbocycles. The molecule has 0 saturated heterocycles. The van der Waals surface area contributed by atoms with Gasteiger partial charge in [-0.2, -0.15) is 0 Å². The van der Waals surface area contributed by atoms with Crippen LogP contribution in [0.2, 0.25) is 5.15 Å². The van der Waals surface area contributed by atoms with Crippen LogP contribution in [-0.4, -0.2) is 22.4 Å². The van der Waals surface area contributed by atoms with E-state index < -0.39 is 0 Å². The Balaban J connectivity index is 2.11. The number of hydrogen-bond donors (Lipinski definition) is 2. The van der Waals surface area contributed by atoms with Gasteiger partial charge in [0.1, 0.15) is 16.8 Å². The molecule has 0 radical (unpaired) electrons. The Morgan fingerprint density at radius 1 is 1.25 bits per heavy atom. The predicted octanol–water partition coefficient (Wildman–Crippen LogP) is 3.75. The number of aryl methyl sites for hydroxylation is 1. The van der Waals surface area contributed by atoms with Gasteiger partial charge < -0.3 is 10.6 Å². The number of rotatable bonds is 7. The quantitative estimate of drug-likeness (QED) is 0.749. The van der Waals surface area contributed by atoms with Crippen molar-refractivity contribution < 1.29 is 4.79 Å². The Morgan fingerprint density at radius 2 is 2.04 bits per heavy atom. The van der Waals surface area contributed by atoms with Gasteiger partial charge in [0.15, 0.2) is 0 Å². The summed E-state index contributed by atoms with van der Waals surface area (Å²) in [6.45, 7) is 7.11. The first-order valence-electron chi connectivity index (χ1n) is 8.19. The summed E-state index contributed by atoms with van der Waals surface area (Å²) in [6, 6.07) is 7.57. The van der Waals surface area contributed by atoms with Gasteiger partial charge in [0.25, 0.3) is 5.91 Å². The first-order chi connectivity index (χ1) is 11.5. The van der Waals surface area contributed by atoms with Crippen LogP contribution in [0.3, 0.4) is 0 Å². The standard InChI is InChI=1S/C18H23ClN4O/c1-4-9-20-18(24)14-8-6-7-13(10-14)11-21-17-15(5-2)16(19)22-12(3)23-17/h6-8,10H,4-5,9,11H2,1-3H3,(H,20,24)(H,21,22,23). The van der Waals surface area contributed by atoms with Crippen LogP contribution < -0.4 is 10.6 Å². The minimum atomic E-state index is -0.0473. The summed E-state index contributed by atoms with van der Waals surface area (Å²) in [5.41, 5.74) is 2.57. The summed E-state index contributed by atoms with van der Waals surface area (Å²) in [4.78, 5) is 20.7. The van der Waals surface area contributed by atoms with E-state index in [4.69, 9.17) is 11.6 Å². The van der Waals surface area contributed by atoms with E-state index in [0.29, 0.717) is 29.6 Å². The largest absolute Gasteiger partial charge is 0.366 e. The fraction of sp³-hybridized carbons (Fsp3) is 0.389. The lowest BCUT2D eigenvalue weighted by molar-refractivity contribution is 0.0953. The Bertz CT molecular complexity index is 718. The van der Waals surface area contributed by atoms with Crippen molar-refractivity contribution in [1.29, 1.82) is 0 Å². The number of carbonyl (C=O) groups is 1. The molecular formula is C18H23ClN4O. The van der Waals surface area contributed by atoms with E-state index in [-0.39, 0.29) is 5.91 Å². The fourth-order valence-corrected chi connectivity index (χ4v) is 2.72. The number of carbonyl (C=O) groups excluding carboxylic acids is 1. The maximum absolute atomic E-state index is 12.1. The van der Waals surface area contributed by atoms with Gasteiger partial charge in [0.05, 0.1) is 0 Å². The van der Waals surface area contributed by atoms with Gasteiger partial charge in [-0.1, -0.05) is 37.6 Å². The van der Waals surface area contributed by atoms with E-state index in [1.165, 1.54) is 0 Å². The summed E-state index contributed by atoms with van der Waals surface area (Å²) in [5.74, 6) is 1.33. The highest BCUT2D eigenvalue weighted by Gasteiger charge is 2.10. The van der Waals surface area contributed by atoms with Gasteiger partial charge in [-0.3, -0.25) is 4.79 Å². The SMILES string of the molecule is CCCNC(=O)c1cccc(CNc2nc(C)nc(Cl)c2CC)c1. The average Bonchev–Trinajstić information content (AvgIpc) is 2.57. The highest BCUT2D eigenvalue weighted by atomic mass is 35.5. The second kappa shape index (κ2) is 8.64. The Kier molecular flexibility index (Phi) is 6.55. The lowest BCUT2D eigenvalue weighted by atomic mass is 10.1. The Hall–Kier alpha value is -2.14. The minimum Gasteiger partial charge on any atom is -0.366 e. The summed E-state index contributed by atoms with van der Waals surface area (Å²) in [5, 5.41) is 6.68. The summed E-state index contributed by atoms with van der Waals surface area (Å²) >= 11 is 6.19. The highest BCUT2D eigenvalue weighted by molar-refractivity contribution is 6.30. The topological polar surface area (TPSA) is 66.9 Å². The van der Waals surface area contributed by atoms with Crippen molar-refractivity contribution >= 4 is 23.3 Å². The van der Waals surface area contributed by atoms with Crippen molar-refractivity contribution in [2.75, 3.05) is 11.9 Å². The van der Waals surface area contributed by atoms with Crippen LogP contribution in [0.1, 0.15) is 47.6 Å². The van der Waals surface area contributed by atoms with Crippen molar-refractivity contribution in [3.8, 4) is 0 Å². The lowest BCUT2D eigenvalue weighted by Gasteiger charge is -2.12. The highest BCUT2D eigenvalue weighted by Crippen LogP contribution is 2.22. The molecule has 2 N–H and O–H groups in total. The fourth-order valence-electron chi connectivity index (χ4n) is 2.37. The molecule has 2 rings (SSSR count). The second-order valence-electron chi connectivity index (χ2n) is 5.55. The Morgan fingerprint density at radius 3 is 2.75 bits per heavy atom. The van der Waals surface area contributed by atoms with Gasteiger partial charge in [-0.25, -0.2) is 9.97 Å². The molecule has 0 fully saturated rings. The zero-order chi connectivity index (χ0) is 17.5. The number of nitrogens with zero attached hydrogens (tertiary/aromatic N) is 2. The summed E-state index contributed by atoms with van der Waals surface area (Å²) in [6.07, 6.45) is 1.67. The van der Waals surface area contributed by atoms with E-state index in [2.05, 4.69) is 20.6 Å². The maximum atomic E-state index is 12.1. The van der Waals surface area contributed by atoms with Crippen molar-refractivity contribution in [2.45, 2.75) is 40.2 Å². The van der Waals surface area contributed by atoms with Gasteiger partial charge >= 0.3 is 0 Å². The molecule has 5 nitrogen and oxygen atoms in total. The summed E-state index contributed by atoms with van der Waals surface area (Å²) in [7, 11) is 0. The normalized spacial score (nSPS) is 10.5. The van der Waals surface area contributed by atoms with E-state index in [0.717, 1.165) is 29.8 Å². The molecule has 6 heteroatoms. The van der Waals surface area contributed by atoms with Crippen LogP contribution in [0.4, 0.5) is 5.82 Å². The molecule has 2 aromatic rings. The van der Waals surface area contributed by atoms with Gasteiger partial charge in [-0.15, -0.1) is 0 Å². The van der Waals surface area contributed by atoms with E-state index >= 15 is 0 Å². The molecule has 0 atom stereocenters. The van der Waals surface area contributed by atoms with Crippen molar-refractivity contribution in [3.05, 3.63) is 51.9 Å². The number of aromatic nitrogens is 2. The van der Waals surface area contributed by atoms with Gasteiger partial charge in [0.2, 0.25) is 0 Å². The van der Waals surface area contributed by atoms with Crippen LogP contribution in [-0.2, 0) is 13.0 Å². The van der Waals surface area contributed by atoms with Crippen LogP contribution in [0.25, 0.3) is 0 Å². The first-order valence-corrected chi connectivity index (χ1v) is 8.57. The van der Waals surface area contributed by atoms with Crippen LogP contribution in [0, 0.1) is 6.92 Å². The smallest absolute Gasteiger partial charge is 0.251 e. The summed E-state index contributed by atoms with van der Waals surface area (Å²) < 4.78 is 0. The molecule has 1 heterocycles. The maximum Gasteiger partial charge on any atom is 0.251 e. The molecule has 0 aliphatic heterocycles. The number of anilines is 1. The van der Waals surface area contributed by atoms with E-state index in [1.807, 2.05) is 45.0 Å². The molecule has 0 spiro atoms. The zero-order valence-electron chi connectivity index (χ0n) is 14.3. The molecule has 128 valence electrons. The van der Waals surface area contributed by atoms with Crippen LogP contribution >= 0.6 is 11.6 Å². The molecule has 1 amide bonds. The van der Waals surface area contributed by atoms with Crippen molar-refractivity contribution in [1.82, 2.24) is 15.3 Å². The molecule has 1 aromatic heterocycles. The van der Waals surface area contributed by atoms with Crippen molar-refractivity contribution in [3.63, 3.8) is 0 Å². The molecule has 0 aliphatic rings. The number of halogens is 1. The number of nitrogens with one attached hydrogen (secondary N) is 2. The first kappa shape index (κ1) is 18.2. The molecule has 0 bridgehead atoms. The molecule has 0 aliphatic carbocycles. The molecular weight excluding hydrogens is 324 g/mol. The third kappa shape index (κ3) is 4.68. The van der Waals surface area contributed by atoms with Crippen molar-refractivity contribution in [2.24, 2.45) is 0 Å². The molecule has 24 heavy (non-hydrogen) atoms. The number of hydrogen-bond acceptors (Lipinski definition) is 4. The van der Waals surface area contributed by atoms with Gasteiger partial charge in [-0.05, 0) is 37.5 Å². The molecule has 0 unspecified atom stereocenters. The minimum absolute atomic E-state index is 0.0473. The lowest BCUT2D eigenvalue weighted by Crippen LogP contribution is -2.24. The second-order valence-corrected chi connectivity index (χ2v) is 5.91. The van der Waals surface area contributed by atoms with Crippen LogP contribution in [0.15, 0.2) is 24.3 Å². The molecule has 0 saturated carbocycles. The number of amides is 1. The number of benzene rings is 1. The third-order valence-electron chi connectivity index (χ3n) is 3.61. The van der Waals surface area contributed by atoms with Crippen LogP contribution in [0.5, 0.6) is 0 Å². The van der Waals surface area contributed by atoms with Gasteiger partial charge in [0, 0.05) is 24.2 Å². The van der Waals surface area contributed by atoms with E-state index in [9.17, 15) is 4.79 Å². The predicted molar refractivity (Wildman–Crippen MR) is 97.5 cm³/mol. The average molecular weight is 347 g/mol. The van der Waals surface area contributed by atoms with E-state index in [1.54, 1.807) is 0 Å². The third-order valence-corrected chi connectivity index (χ3v) is 3.92.